The van der Waals surface area contributed by atoms with E-state index < -0.39 is 17.3 Å². The number of ketones is 1. The van der Waals surface area contributed by atoms with Gasteiger partial charge in [0.15, 0.2) is 5.78 Å². The topological polar surface area (TPSA) is 128 Å². The highest BCUT2D eigenvalue weighted by atomic mass is 16.5. The number of imidazole rings is 1. The van der Waals surface area contributed by atoms with E-state index in [0.29, 0.717) is 48.5 Å². The van der Waals surface area contributed by atoms with Gasteiger partial charge in [0.1, 0.15) is 6.10 Å². The summed E-state index contributed by atoms with van der Waals surface area (Å²) < 4.78 is 8.38. The number of amides is 1. The van der Waals surface area contributed by atoms with Gasteiger partial charge in [0.05, 0.1) is 23.9 Å². The Hall–Kier alpha value is -3.75. The van der Waals surface area contributed by atoms with Gasteiger partial charge in [0, 0.05) is 41.2 Å². The van der Waals surface area contributed by atoms with E-state index in [2.05, 4.69) is 58.8 Å². The first-order chi connectivity index (χ1) is 27.6. The molecule has 0 unspecified atom stereocenters. The Balaban J connectivity index is 0.994. The van der Waals surface area contributed by atoms with Crippen molar-refractivity contribution >= 4 is 23.6 Å². The second kappa shape index (κ2) is 14.2. The van der Waals surface area contributed by atoms with Gasteiger partial charge >= 0.3 is 11.9 Å². The van der Waals surface area contributed by atoms with Crippen LogP contribution in [-0.4, -0.2) is 50.9 Å². The van der Waals surface area contributed by atoms with Crippen molar-refractivity contribution < 1.29 is 29.0 Å². The van der Waals surface area contributed by atoms with Crippen LogP contribution >= 0.6 is 0 Å². The number of ether oxygens (including phenoxy) is 1. The average Bonchev–Trinajstić information content (AvgIpc) is 3.72. The Morgan fingerprint density at radius 2 is 1.59 bits per heavy atom. The van der Waals surface area contributed by atoms with Gasteiger partial charge < -0.3 is 19.7 Å². The molecule has 1 aromatic carbocycles. The zero-order valence-corrected chi connectivity index (χ0v) is 37.4. The molecule has 9 nitrogen and oxygen atoms in total. The number of aliphatic carboxylic acids is 1. The zero-order chi connectivity index (χ0) is 42.7. The molecule has 8 rings (SSSR count). The number of carbonyl (C=O) groups is 4. The fourth-order valence-corrected chi connectivity index (χ4v) is 15.1. The first-order valence-electron chi connectivity index (χ1n) is 22.7. The molecule has 0 radical (unpaired) electrons. The van der Waals surface area contributed by atoms with E-state index in [-0.39, 0.29) is 56.9 Å². The summed E-state index contributed by atoms with van der Waals surface area (Å²) in [4.78, 5) is 57.4. The fraction of sp³-hybridized carbons (Fsp3) is 0.700. The molecule has 2 N–H and O–H groups in total. The van der Waals surface area contributed by atoms with Crippen molar-refractivity contribution in [1.82, 2.24) is 14.9 Å². The van der Waals surface area contributed by atoms with Crippen molar-refractivity contribution in [3.63, 3.8) is 0 Å². The Morgan fingerprint density at radius 3 is 2.22 bits per heavy atom. The minimum Gasteiger partial charge on any atom is -0.481 e. The number of hydrogen-bond donors (Lipinski definition) is 2. The van der Waals surface area contributed by atoms with Crippen molar-refractivity contribution in [3.8, 4) is 5.69 Å². The van der Waals surface area contributed by atoms with Crippen LogP contribution in [0.5, 0.6) is 0 Å². The number of Topliss-reactive ketones (excluding diaryl/α,β-unsaturated/α-hetero) is 1. The number of aryl methyl sites for hydroxylation is 1. The van der Waals surface area contributed by atoms with Crippen molar-refractivity contribution in [2.75, 3.05) is 6.54 Å². The second-order valence-corrected chi connectivity index (χ2v) is 22.2. The number of nitrogens with zero attached hydrogens (tertiary/aromatic N) is 2. The number of allylic oxidation sites excluding steroid dienone is 2. The molecule has 2 aromatic rings. The summed E-state index contributed by atoms with van der Waals surface area (Å²) in [6, 6.07) is 7.64. The summed E-state index contributed by atoms with van der Waals surface area (Å²) in [6.07, 6.45) is 13.5. The predicted molar refractivity (Wildman–Crippen MR) is 228 cm³/mol. The Labute approximate surface area is 351 Å². The van der Waals surface area contributed by atoms with E-state index in [1.165, 1.54) is 5.57 Å². The number of benzene rings is 1. The molecule has 0 aliphatic heterocycles. The van der Waals surface area contributed by atoms with Crippen molar-refractivity contribution in [3.05, 3.63) is 59.2 Å². The molecule has 59 heavy (non-hydrogen) atoms. The lowest BCUT2D eigenvalue weighted by atomic mass is 9.33. The largest absolute Gasteiger partial charge is 0.481 e. The van der Waals surface area contributed by atoms with E-state index >= 15 is 0 Å². The minimum absolute atomic E-state index is 0.0379. The van der Waals surface area contributed by atoms with Gasteiger partial charge in [-0.05, 0) is 146 Å². The molecule has 10 atom stereocenters. The first-order valence-corrected chi connectivity index (χ1v) is 22.7. The molecule has 0 saturated heterocycles. The molecular formula is C50H69N3O6. The lowest BCUT2D eigenvalue weighted by Gasteiger charge is -2.72. The maximum absolute atomic E-state index is 14.1. The summed E-state index contributed by atoms with van der Waals surface area (Å²) in [5.41, 5.74) is 4.23. The maximum Gasteiger partial charge on any atom is 0.309 e. The Morgan fingerprint density at radius 1 is 0.881 bits per heavy atom. The summed E-state index contributed by atoms with van der Waals surface area (Å²) in [6.45, 7) is 23.0. The number of rotatable bonds is 9. The molecule has 9 heteroatoms. The van der Waals surface area contributed by atoms with Gasteiger partial charge in [-0.2, -0.15) is 0 Å². The number of carbonyl (C=O) groups excluding carboxylic acids is 3. The van der Waals surface area contributed by atoms with E-state index in [9.17, 15) is 24.3 Å². The van der Waals surface area contributed by atoms with E-state index in [4.69, 9.17) is 4.74 Å². The fourth-order valence-electron chi connectivity index (χ4n) is 15.1. The van der Waals surface area contributed by atoms with Crippen LogP contribution in [0, 0.1) is 74.9 Å². The van der Waals surface area contributed by atoms with Crippen molar-refractivity contribution in [2.24, 2.45) is 68.0 Å². The highest BCUT2D eigenvalue weighted by molar-refractivity contribution is 6.00. The van der Waals surface area contributed by atoms with Crippen LogP contribution in [0.3, 0.4) is 0 Å². The molecule has 1 heterocycles. The number of carboxylic acids is 1. The number of hydrogen-bond acceptors (Lipinski definition) is 6. The molecule has 6 aliphatic rings. The van der Waals surface area contributed by atoms with Gasteiger partial charge in [0.25, 0.3) is 5.91 Å². The lowest BCUT2D eigenvalue weighted by Crippen LogP contribution is -2.66. The highest BCUT2D eigenvalue weighted by Gasteiger charge is 2.70. The van der Waals surface area contributed by atoms with Crippen LogP contribution in [0.25, 0.3) is 5.69 Å². The number of aromatic nitrogens is 2. The quantitative estimate of drug-likeness (QED) is 0.242. The van der Waals surface area contributed by atoms with Crippen molar-refractivity contribution in [2.45, 2.75) is 146 Å². The predicted octanol–water partition coefficient (Wildman–Crippen LogP) is 9.94. The standard InChI is InChI=1S/C50H69N3O6/c1-29(2)40-36(54)26-50(23-24-51-42(55)31-11-13-32(14-12-31)53-27-30(3)52-28-53)22-21-48(9)33(41(40)50)15-16-38-47(8)19-18-39(46(6,7)37(47)17-20-49(38,48)10)59-44(58)35-25-34(43(56)57)45(35,4)5/h11-14,27-29,33-35,37-39H,15-26H2,1-10H3,(H,51,55)(H,56,57)/t33-,34+,35-,37+,38-,39+,47+,48-,49-,50-/m1/s1. The smallest absolute Gasteiger partial charge is 0.309 e. The maximum atomic E-state index is 14.1. The van der Waals surface area contributed by atoms with Gasteiger partial charge in [-0.1, -0.05) is 67.9 Å². The number of nitrogens with one attached hydrogen (secondary N) is 1. The number of carboxylic acid groups (broad SMARTS) is 1. The van der Waals surface area contributed by atoms with Crippen LogP contribution in [0.1, 0.15) is 149 Å². The van der Waals surface area contributed by atoms with E-state index in [1.54, 1.807) is 6.33 Å². The third kappa shape index (κ3) is 6.22. The van der Waals surface area contributed by atoms with Crippen LogP contribution in [-0.2, 0) is 19.1 Å². The van der Waals surface area contributed by atoms with Gasteiger partial charge in [-0.25, -0.2) is 4.98 Å². The van der Waals surface area contributed by atoms with Crippen LogP contribution in [0.4, 0.5) is 0 Å². The summed E-state index contributed by atoms with van der Waals surface area (Å²) >= 11 is 0. The molecule has 0 bridgehead atoms. The number of fused-ring (bicyclic) bond motifs is 7. The SMILES string of the molecule is Cc1cn(-c2ccc(C(=O)NCC[C@@]34CC[C@]5(C)[C@H](CC[C@@H]6[C@@]7(C)CC[C@H](OC(=O)[C@H]8C[C@@H](C(=O)O)C8(C)C)C(C)(C)[C@@H]7CC[C@]65C)C3=C(C(C)C)C(=O)C4)cc2)cn1. The number of esters is 1. The normalized spacial score (nSPS) is 38.1. The molecule has 5 fully saturated rings. The molecule has 1 amide bonds. The molecule has 0 spiro atoms. The molecular weight excluding hydrogens is 739 g/mol. The van der Waals surface area contributed by atoms with Crippen LogP contribution in [0.2, 0.25) is 0 Å². The summed E-state index contributed by atoms with van der Waals surface area (Å²) in [7, 11) is 0. The second-order valence-electron chi connectivity index (χ2n) is 22.2. The van der Waals surface area contributed by atoms with Crippen LogP contribution < -0.4 is 5.32 Å². The zero-order valence-electron chi connectivity index (χ0n) is 37.4. The van der Waals surface area contributed by atoms with Crippen LogP contribution in [0.15, 0.2) is 47.9 Å². The first kappa shape index (κ1) is 42.0. The third-order valence-corrected chi connectivity index (χ3v) is 18.7. The average molecular weight is 808 g/mol. The molecule has 5 saturated carbocycles. The Kier molecular flexibility index (Phi) is 10.1. The lowest BCUT2D eigenvalue weighted by molar-refractivity contribution is -0.236. The van der Waals surface area contributed by atoms with Crippen molar-refractivity contribution in [1.29, 1.82) is 0 Å². The summed E-state index contributed by atoms with van der Waals surface area (Å²) in [5, 5.41) is 12.9. The van der Waals surface area contributed by atoms with E-state index in [1.807, 2.05) is 55.8 Å². The molecule has 1 aromatic heterocycles. The minimum atomic E-state index is -0.828. The third-order valence-electron chi connectivity index (χ3n) is 18.7. The van der Waals surface area contributed by atoms with E-state index in [0.717, 1.165) is 74.7 Å². The van der Waals surface area contributed by atoms with Gasteiger partial charge in [0.2, 0.25) is 0 Å². The monoisotopic (exact) mass is 808 g/mol. The van der Waals surface area contributed by atoms with Gasteiger partial charge in [-0.15, -0.1) is 0 Å². The van der Waals surface area contributed by atoms with Gasteiger partial charge in [-0.3, -0.25) is 19.2 Å². The summed E-state index contributed by atoms with van der Waals surface area (Å²) in [5.74, 6) is -0.293. The Bertz CT molecular complexity index is 2080. The highest BCUT2D eigenvalue weighted by Crippen LogP contribution is 2.77. The molecule has 6 aliphatic carbocycles. The molecule has 320 valence electrons.